The van der Waals surface area contributed by atoms with E-state index >= 15 is 0 Å². The highest BCUT2D eigenvalue weighted by atomic mass is 79.9. The molecule has 1 saturated heterocycles. The van der Waals surface area contributed by atoms with Crippen LogP contribution in [0.15, 0.2) is 69.1 Å². The Morgan fingerprint density at radius 3 is 2.45 bits per heavy atom. The number of nitrogens with one attached hydrogen (secondary N) is 1. The van der Waals surface area contributed by atoms with Crippen molar-refractivity contribution in [3.8, 4) is 0 Å². The number of carbonyl (C=O) groups excluding carboxylic acids is 1. The highest BCUT2D eigenvalue weighted by molar-refractivity contribution is 9.10. The average molecular weight is 536 g/mol. The van der Waals surface area contributed by atoms with E-state index in [1.54, 1.807) is 42.5 Å². The van der Waals surface area contributed by atoms with E-state index in [1.807, 2.05) is 4.90 Å². The van der Waals surface area contributed by atoms with Crippen LogP contribution in [0.4, 0.5) is 5.69 Å². The molecule has 10 nitrogen and oxygen atoms in total. The maximum Gasteiger partial charge on any atom is 0.276 e. The molecule has 0 bridgehead atoms. The minimum absolute atomic E-state index is 0.0209. The molecular formula is C21H22BrN5O5S. The molecule has 0 spiro atoms. The Balaban J connectivity index is 1.45. The van der Waals surface area contributed by atoms with Crippen LogP contribution in [-0.2, 0) is 14.8 Å². The van der Waals surface area contributed by atoms with Crippen molar-refractivity contribution in [2.75, 3.05) is 32.7 Å². The number of nitro benzene ring substituents is 1. The molecule has 0 radical (unpaired) electrons. The Morgan fingerprint density at radius 2 is 1.79 bits per heavy atom. The molecule has 1 aliphatic heterocycles. The van der Waals surface area contributed by atoms with E-state index in [4.69, 9.17) is 0 Å². The molecule has 0 aromatic heterocycles. The van der Waals surface area contributed by atoms with Crippen LogP contribution in [0.5, 0.6) is 0 Å². The van der Waals surface area contributed by atoms with Crippen LogP contribution in [0.2, 0.25) is 0 Å². The smallest absolute Gasteiger partial charge is 0.276 e. The maximum atomic E-state index is 12.7. The first-order valence-corrected chi connectivity index (χ1v) is 12.2. The molecule has 1 fully saturated rings. The van der Waals surface area contributed by atoms with Gasteiger partial charge in [-0.1, -0.05) is 28.1 Å². The van der Waals surface area contributed by atoms with Gasteiger partial charge < -0.3 is 0 Å². The van der Waals surface area contributed by atoms with Gasteiger partial charge in [0.15, 0.2) is 0 Å². The number of rotatable bonds is 8. The molecule has 1 aliphatic rings. The van der Waals surface area contributed by atoms with Gasteiger partial charge in [-0.15, -0.1) is 0 Å². The Hall–Kier alpha value is -2.93. The van der Waals surface area contributed by atoms with E-state index in [2.05, 4.69) is 26.5 Å². The fourth-order valence-electron chi connectivity index (χ4n) is 3.22. The summed E-state index contributed by atoms with van der Waals surface area (Å²) in [4.78, 5) is 24.7. The second-order valence-electron chi connectivity index (χ2n) is 7.12. The van der Waals surface area contributed by atoms with Gasteiger partial charge in [0.25, 0.3) is 11.6 Å². The van der Waals surface area contributed by atoms with Crippen LogP contribution in [0.25, 0.3) is 6.08 Å². The number of piperazine rings is 1. The van der Waals surface area contributed by atoms with Gasteiger partial charge in [0.05, 0.1) is 21.9 Å². The zero-order valence-corrected chi connectivity index (χ0v) is 19.9. The fourth-order valence-corrected chi connectivity index (χ4v) is 4.90. The van der Waals surface area contributed by atoms with Crippen molar-refractivity contribution in [1.29, 1.82) is 0 Å². The number of carbonyl (C=O) groups is 1. The highest BCUT2D eigenvalue weighted by Crippen LogP contribution is 2.20. The van der Waals surface area contributed by atoms with Crippen LogP contribution >= 0.6 is 15.9 Å². The van der Waals surface area contributed by atoms with Gasteiger partial charge in [0.1, 0.15) is 0 Å². The van der Waals surface area contributed by atoms with Crippen molar-refractivity contribution in [2.45, 2.75) is 4.90 Å². The number of benzene rings is 2. The molecule has 33 heavy (non-hydrogen) atoms. The van der Waals surface area contributed by atoms with E-state index < -0.39 is 14.9 Å². The van der Waals surface area contributed by atoms with E-state index in [-0.39, 0.29) is 36.1 Å². The van der Waals surface area contributed by atoms with Crippen molar-refractivity contribution in [3.63, 3.8) is 0 Å². The van der Waals surface area contributed by atoms with Crippen LogP contribution in [-0.4, -0.2) is 67.4 Å². The van der Waals surface area contributed by atoms with Gasteiger partial charge in [-0.25, -0.2) is 13.8 Å². The summed E-state index contributed by atoms with van der Waals surface area (Å²) in [6, 6.07) is 12.8. The third kappa shape index (κ3) is 6.78. The number of amides is 1. The van der Waals surface area contributed by atoms with Crippen molar-refractivity contribution >= 4 is 49.8 Å². The van der Waals surface area contributed by atoms with Crippen LogP contribution in [0.3, 0.4) is 0 Å². The molecule has 0 atom stereocenters. The first-order chi connectivity index (χ1) is 15.8. The number of nitro groups is 1. The quantitative estimate of drug-likeness (QED) is 0.314. The number of halogens is 1. The minimum atomic E-state index is -3.57. The lowest BCUT2D eigenvalue weighted by Gasteiger charge is -2.33. The summed E-state index contributed by atoms with van der Waals surface area (Å²) in [6.07, 6.45) is 4.35. The maximum absolute atomic E-state index is 12.7. The predicted molar refractivity (Wildman–Crippen MR) is 128 cm³/mol. The monoisotopic (exact) mass is 535 g/mol. The molecule has 0 unspecified atom stereocenters. The first-order valence-electron chi connectivity index (χ1n) is 9.97. The molecule has 2 aromatic carbocycles. The number of nitrogens with zero attached hydrogens (tertiary/aromatic N) is 4. The Kier molecular flexibility index (Phi) is 8.44. The zero-order valence-electron chi connectivity index (χ0n) is 17.5. The second-order valence-corrected chi connectivity index (χ2v) is 9.98. The largest absolute Gasteiger partial charge is 0.292 e. The van der Waals surface area contributed by atoms with Gasteiger partial charge in [-0.05, 0) is 42.5 Å². The number of hydrogen-bond donors (Lipinski definition) is 1. The molecule has 0 saturated carbocycles. The summed E-state index contributed by atoms with van der Waals surface area (Å²) in [5, 5.41) is 14.8. The van der Waals surface area contributed by atoms with E-state index in [0.717, 1.165) is 4.47 Å². The van der Waals surface area contributed by atoms with Gasteiger partial charge in [-0.3, -0.25) is 19.8 Å². The first kappa shape index (κ1) is 24.7. The van der Waals surface area contributed by atoms with Crippen molar-refractivity contribution in [3.05, 3.63) is 74.8 Å². The Bertz CT molecular complexity index is 1160. The Morgan fingerprint density at radius 1 is 1.12 bits per heavy atom. The molecule has 3 rings (SSSR count). The lowest BCUT2D eigenvalue weighted by atomic mass is 10.2. The number of allylic oxidation sites excluding steroid dienone is 1. The van der Waals surface area contributed by atoms with Gasteiger partial charge in [0.2, 0.25) is 10.0 Å². The normalized spacial score (nSPS) is 15.8. The summed E-state index contributed by atoms with van der Waals surface area (Å²) < 4.78 is 27.7. The highest BCUT2D eigenvalue weighted by Gasteiger charge is 2.28. The van der Waals surface area contributed by atoms with Crippen molar-refractivity contribution < 1.29 is 18.1 Å². The number of para-hydroxylation sites is 1. The summed E-state index contributed by atoms with van der Waals surface area (Å²) in [6.45, 7) is 1.49. The van der Waals surface area contributed by atoms with Crippen molar-refractivity contribution in [1.82, 2.24) is 14.6 Å². The van der Waals surface area contributed by atoms with E-state index in [9.17, 15) is 23.3 Å². The molecule has 1 amide bonds. The third-order valence-corrected chi connectivity index (χ3v) is 7.35. The van der Waals surface area contributed by atoms with Gasteiger partial charge in [-0.2, -0.15) is 9.41 Å². The van der Waals surface area contributed by atoms with Gasteiger partial charge >= 0.3 is 0 Å². The summed E-state index contributed by atoms with van der Waals surface area (Å²) in [7, 11) is -3.57. The minimum Gasteiger partial charge on any atom is -0.292 e. The summed E-state index contributed by atoms with van der Waals surface area (Å²) in [5.41, 5.74) is 2.80. The van der Waals surface area contributed by atoms with E-state index in [1.165, 1.54) is 28.7 Å². The molecule has 1 heterocycles. The van der Waals surface area contributed by atoms with Crippen molar-refractivity contribution in [2.24, 2.45) is 5.10 Å². The van der Waals surface area contributed by atoms with Crippen LogP contribution < -0.4 is 5.43 Å². The second kappa shape index (κ2) is 11.3. The topological polar surface area (TPSA) is 125 Å². The predicted octanol–water partition coefficient (Wildman–Crippen LogP) is 2.48. The molecular weight excluding hydrogens is 514 g/mol. The average Bonchev–Trinajstić information content (AvgIpc) is 2.79. The molecule has 0 aliphatic carbocycles. The lowest BCUT2D eigenvalue weighted by molar-refractivity contribution is -0.385. The molecule has 12 heteroatoms. The Labute approximate surface area is 199 Å². The number of hydrazone groups is 1. The molecule has 2 aromatic rings. The summed E-state index contributed by atoms with van der Waals surface area (Å²) in [5.74, 6) is -0.338. The zero-order chi connectivity index (χ0) is 23.8. The van der Waals surface area contributed by atoms with Gasteiger partial charge in [0, 0.05) is 42.9 Å². The van der Waals surface area contributed by atoms with E-state index in [0.29, 0.717) is 18.7 Å². The van der Waals surface area contributed by atoms with Crippen LogP contribution in [0.1, 0.15) is 5.56 Å². The third-order valence-electron chi connectivity index (χ3n) is 4.91. The lowest BCUT2D eigenvalue weighted by Crippen LogP contribution is -2.50. The molecule has 1 N–H and O–H groups in total. The SMILES string of the molecule is O=C(CN1CCN(S(=O)(=O)c2ccc(Br)cc2)CC1)NN=CC=Cc1ccccc1[N+](=O)[O-]. The summed E-state index contributed by atoms with van der Waals surface area (Å²) >= 11 is 3.29. The number of sulfonamides is 1. The standard InChI is InChI=1S/C21H22BrN5O5S/c22-18-7-9-19(10-8-18)33(31,32)26-14-12-25(13-15-26)16-21(28)24-23-11-3-5-17-4-1-2-6-20(17)27(29)30/h1-11H,12-16H2,(H,24,28). The van der Waals surface area contributed by atoms with Crippen LogP contribution in [0, 0.1) is 10.1 Å². The fraction of sp³-hybridized carbons (Fsp3) is 0.238. The molecule has 174 valence electrons. The number of hydrogen-bond acceptors (Lipinski definition) is 7.